The molecule has 5 heteroatoms. The van der Waals surface area contributed by atoms with E-state index >= 15 is 0 Å². The van der Waals surface area contributed by atoms with Crippen molar-refractivity contribution in [2.75, 3.05) is 13.7 Å². The Morgan fingerprint density at radius 3 is 2.60 bits per heavy atom. The van der Waals surface area contributed by atoms with Gasteiger partial charge in [0.2, 0.25) is 0 Å². The zero-order valence-electron chi connectivity index (χ0n) is 11.2. The normalized spacial score (nSPS) is 11.4. The lowest BCUT2D eigenvalue weighted by atomic mass is 10.1. The Labute approximate surface area is 129 Å². The van der Waals surface area contributed by atoms with Crippen LogP contribution in [0.3, 0.4) is 0 Å². The van der Waals surface area contributed by atoms with Crippen LogP contribution in [-0.4, -0.2) is 19.6 Å². The van der Waals surface area contributed by atoms with E-state index in [1.54, 1.807) is 11.3 Å². The number of carbonyl (C=O) groups is 1. The van der Waals surface area contributed by atoms with Crippen LogP contribution in [0.25, 0.3) is 0 Å². The van der Waals surface area contributed by atoms with Crippen LogP contribution in [0, 0.1) is 0 Å². The molecule has 0 radical (unpaired) electrons. The fourth-order valence-electron chi connectivity index (χ4n) is 1.90. The van der Waals surface area contributed by atoms with Crippen LogP contribution in [0.2, 0.25) is 0 Å². The predicted octanol–water partition coefficient (Wildman–Crippen LogP) is 3.22. The minimum atomic E-state index is -0.397. The number of halogens is 1. The van der Waals surface area contributed by atoms with Crippen molar-refractivity contribution in [1.29, 1.82) is 0 Å². The van der Waals surface area contributed by atoms with Gasteiger partial charge in [-0.15, -0.1) is 23.7 Å². The molecule has 0 aliphatic carbocycles. The molecule has 1 N–H and O–H groups in total. The summed E-state index contributed by atoms with van der Waals surface area (Å²) in [6, 6.07) is 13.4. The molecule has 1 heterocycles. The summed E-state index contributed by atoms with van der Waals surface area (Å²) in [7, 11) is 1.42. The molecule has 2 rings (SSSR count). The third-order valence-corrected chi connectivity index (χ3v) is 3.81. The number of nitrogens with one attached hydrogen (secondary N) is 1. The second-order valence-corrected chi connectivity index (χ2v) is 5.18. The van der Waals surface area contributed by atoms with Gasteiger partial charge in [-0.05, 0) is 23.4 Å². The summed E-state index contributed by atoms with van der Waals surface area (Å²) in [6.45, 7) is 0.745. The maximum absolute atomic E-state index is 11.8. The van der Waals surface area contributed by atoms with E-state index in [4.69, 9.17) is 4.74 Å². The number of carbonyl (C=O) groups excluding carboxylic acids is 1. The van der Waals surface area contributed by atoms with Crippen LogP contribution in [0.5, 0.6) is 0 Å². The van der Waals surface area contributed by atoms with E-state index in [-0.39, 0.29) is 18.4 Å². The average Bonchev–Trinajstić information content (AvgIpc) is 2.97. The molecule has 0 saturated carbocycles. The van der Waals surface area contributed by atoms with Gasteiger partial charge in [-0.25, -0.2) is 4.79 Å². The third-order valence-electron chi connectivity index (χ3n) is 2.87. The number of ether oxygens (including phenoxy) is 1. The number of rotatable bonds is 6. The van der Waals surface area contributed by atoms with Crippen molar-refractivity contribution in [3.63, 3.8) is 0 Å². The maximum Gasteiger partial charge on any atom is 0.327 e. The van der Waals surface area contributed by atoms with Crippen LogP contribution in [-0.2, 0) is 16.0 Å². The van der Waals surface area contributed by atoms with E-state index in [1.807, 2.05) is 36.4 Å². The number of esters is 1. The Morgan fingerprint density at radius 1 is 1.25 bits per heavy atom. The topological polar surface area (TPSA) is 38.3 Å². The SMILES string of the molecule is COC(=O)[C@@H](NCCc1cccs1)c1ccccc1.Cl. The smallest absolute Gasteiger partial charge is 0.327 e. The van der Waals surface area contributed by atoms with Gasteiger partial charge < -0.3 is 10.1 Å². The second kappa shape index (κ2) is 8.74. The monoisotopic (exact) mass is 311 g/mol. The Kier molecular flexibility index (Phi) is 7.30. The molecule has 0 bridgehead atoms. The molecule has 108 valence electrons. The molecule has 1 aromatic carbocycles. The van der Waals surface area contributed by atoms with Gasteiger partial charge in [-0.2, -0.15) is 0 Å². The molecular formula is C15H18ClNO2S. The molecule has 3 nitrogen and oxygen atoms in total. The van der Waals surface area contributed by atoms with Gasteiger partial charge in [0.25, 0.3) is 0 Å². The molecule has 2 aromatic rings. The van der Waals surface area contributed by atoms with E-state index in [0.717, 1.165) is 18.5 Å². The largest absolute Gasteiger partial charge is 0.468 e. The van der Waals surface area contributed by atoms with Crippen LogP contribution in [0.15, 0.2) is 47.8 Å². The maximum atomic E-state index is 11.8. The second-order valence-electron chi connectivity index (χ2n) is 4.15. The highest BCUT2D eigenvalue weighted by Crippen LogP contribution is 2.15. The molecule has 1 aromatic heterocycles. The summed E-state index contributed by atoms with van der Waals surface area (Å²) in [5, 5.41) is 5.32. The van der Waals surface area contributed by atoms with E-state index in [1.165, 1.54) is 12.0 Å². The molecule has 0 amide bonds. The summed E-state index contributed by atoms with van der Waals surface area (Å²) in [4.78, 5) is 13.1. The number of benzene rings is 1. The fourth-order valence-corrected chi connectivity index (χ4v) is 2.60. The molecule has 0 saturated heterocycles. The number of methoxy groups -OCH3 is 1. The van der Waals surface area contributed by atoms with Gasteiger partial charge >= 0.3 is 5.97 Å². The number of hydrogen-bond acceptors (Lipinski definition) is 4. The minimum absolute atomic E-state index is 0. The van der Waals surface area contributed by atoms with Crippen molar-refractivity contribution in [3.05, 3.63) is 58.3 Å². The average molecular weight is 312 g/mol. The summed E-state index contributed by atoms with van der Waals surface area (Å²) < 4.78 is 4.86. The van der Waals surface area contributed by atoms with E-state index in [9.17, 15) is 4.79 Å². The van der Waals surface area contributed by atoms with Crippen molar-refractivity contribution in [2.24, 2.45) is 0 Å². The number of hydrogen-bond donors (Lipinski definition) is 1. The van der Waals surface area contributed by atoms with Gasteiger partial charge in [0.05, 0.1) is 7.11 Å². The van der Waals surface area contributed by atoms with E-state index in [2.05, 4.69) is 16.8 Å². The molecule has 0 aliphatic heterocycles. The Bertz CT molecular complexity index is 502. The molecular weight excluding hydrogens is 294 g/mol. The quantitative estimate of drug-likeness (QED) is 0.833. The first kappa shape index (κ1) is 16.7. The fraction of sp³-hybridized carbons (Fsp3) is 0.267. The molecule has 0 fully saturated rings. The summed E-state index contributed by atoms with van der Waals surface area (Å²) >= 11 is 1.73. The van der Waals surface area contributed by atoms with Crippen LogP contribution < -0.4 is 5.32 Å². The first-order valence-corrected chi connectivity index (χ1v) is 7.08. The van der Waals surface area contributed by atoms with Crippen molar-refractivity contribution in [2.45, 2.75) is 12.5 Å². The Morgan fingerprint density at radius 2 is 2.00 bits per heavy atom. The van der Waals surface area contributed by atoms with E-state index < -0.39 is 6.04 Å². The highest BCUT2D eigenvalue weighted by Gasteiger charge is 2.20. The lowest BCUT2D eigenvalue weighted by Gasteiger charge is -2.16. The van der Waals surface area contributed by atoms with Crippen molar-refractivity contribution < 1.29 is 9.53 Å². The van der Waals surface area contributed by atoms with Gasteiger partial charge in [-0.1, -0.05) is 36.4 Å². The number of thiophene rings is 1. The summed E-state index contributed by atoms with van der Waals surface area (Å²) in [5.41, 5.74) is 0.931. The van der Waals surface area contributed by atoms with Crippen LogP contribution in [0.4, 0.5) is 0 Å². The highest BCUT2D eigenvalue weighted by atomic mass is 35.5. The Balaban J connectivity index is 0.00000200. The van der Waals surface area contributed by atoms with Gasteiger partial charge in [0.15, 0.2) is 0 Å². The molecule has 20 heavy (non-hydrogen) atoms. The van der Waals surface area contributed by atoms with Crippen molar-refractivity contribution >= 4 is 29.7 Å². The van der Waals surface area contributed by atoms with Gasteiger partial charge in [0, 0.05) is 11.4 Å². The molecule has 0 spiro atoms. The van der Waals surface area contributed by atoms with Gasteiger partial charge in [-0.3, -0.25) is 0 Å². The third kappa shape index (κ3) is 4.63. The standard InChI is InChI=1S/C15H17NO2S.ClH/c1-18-15(17)14(12-6-3-2-4-7-12)16-10-9-13-8-5-11-19-13;/h2-8,11,14,16H,9-10H2,1H3;1H/t14-;/m0./s1. The Hall–Kier alpha value is -1.36. The van der Waals surface area contributed by atoms with Crippen molar-refractivity contribution in [1.82, 2.24) is 5.32 Å². The lowest BCUT2D eigenvalue weighted by molar-refractivity contribution is -0.143. The summed E-state index contributed by atoms with van der Waals surface area (Å²) in [6.07, 6.45) is 0.915. The molecule has 0 aliphatic rings. The lowest BCUT2D eigenvalue weighted by Crippen LogP contribution is -2.31. The molecule has 0 unspecified atom stereocenters. The van der Waals surface area contributed by atoms with Crippen molar-refractivity contribution in [3.8, 4) is 0 Å². The predicted molar refractivity (Wildman–Crippen MR) is 84.5 cm³/mol. The van der Waals surface area contributed by atoms with Crippen LogP contribution >= 0.6 is 23.7 Å². The van der Waals surface area contributed by atoms with E-state index in [0.29, 0.717) is 0 Å². The molecule has 1 atom stereocenters. The zero-order chi connectivity index (χ0) is 13.5. The van der Waals surface area contributed by atoms with Gasteiger partial charge in [0.1, 0.15) is 6.04 Å². The zero-order valence-corrected chi connectivity index (χ0v) is 12.9. The van der Waals surface area contributed by atoms with Crippen LogP contribution in [0.1, 0.15) is 16.5 Å². The first-order chi connectivity index (χ1) is 9.31. The minimum Gasteiger partial charge on any atom is -0.468 e. The highest BCUT2D eigenvalue weighted by molar-refractivity contribution is 7.09. The first-order valence-electron chi connectivity index (χ1n) is 6.20. The summed E-state index contributed by atoms with van der Waals surface area (Å²) in [5.74, 6) is -0.252.